The van der Waals surface area contributed by atoms with Crippen molar-refractivity contribution in [3.8, 4) is 0 Å². The Morgan fingerprint density at radius 2 is 0.937 bits per heavy atom. The van der Waals surface area contributed by atoms with E-state index >= 15 is 0 Å². The summed E-state index contributed by atoms with van der Waals surface area (Å²) in [5, 5.41) is 17.1. The van der Waals surface area contributed by atoms with E-state index in [1.54, 1.807) is 45.0 Å². The summed E-state index contributed by atoms with van der Waals surface area (Å²) in [4.78, 5) is 64.7. The average molecular weight is 1270 g/mol. The number of hydrogen-bond acceptors (Lipinski definition) is 14. The third-order valence-electron chi connectivity index (χ3n) is 9.31. The van der Waals surface area contributed by atoms with Gasteiger partial charge in [0.1, 0.15) is 42.4 Å². The van der Waals surface area contributed by atoms with Crippen LogP contribution < -0.4 is 0 Å². The minimum atomic E-state index is -5.14. The second kappa shape index (κ2) is 47.1. The Balaban J connectivity index is -0.000000203. The zero-order valence-corrected chi connectivity index (χ0v) is 51.2. The number of rotatable bonds is 22. The molecule has 0 aliphatic heterocycles. The SMILES string of the molecule is CC(C)(C(=O)O)C(F)F.CC(C)(C(=O)OCc1ccccc1)C(F)F.CC(C)(C=O)C(=O)OCc1ccccc1.CC(C)(CO)C(=O)OCc1ccccc1.CCOC(C)=O.COCCN(CCOC)S(F)(F)F.CPC.[CH3-].[Pd]. The number of carbonyl (C=O) groups is 6. The van der Waals surface area contributed by atoms with E-state index in [1.165, 1.54) is 48.8 Å². The second-order valence-electron chi connectivity index (χ2n) is 18.1. The first-order valence-corrected chi connectivity index (χ1v) is 26.8. The van der Waals surface area contributed by atoms with E-state index < -0.39 is 63.8 Å². The normalized spacial score (nSPS) is 10.9. The van der Waals surface area contributed by atoms with Gasteiger partial charge in [0, 0.05) is 54.7 Å². The van der Waals surface area contributed by atoms with Crippen LogP contribution in [0.1, 0.15) is 85.9 Å². The Kier molecular flexibility index (Phi) is 51.2. The number of aldehydes is 1. The molecule has 0 spiro atoms. The van der Waals surface area contributed by atoms with Gasteiger partial charge in [0.15, 0.2) is 0 Å². The van der Waals surface area contributed by atoms with Gasteiger partial charge in [0.05, 0.1) is 31.8 Å². The second-order valence-corrected chi connectivity index (χ2v) is 20.4. The number of nitrogens with zero attached hydrogens (tertiary/aromatic N) is 1. The predicted octanol–water partition coefficient (Wildman–Crippen LogP) is 12.0. The Labute approximate surface area is 481 Å². The van der Waals surface area contributed by atoms with Gasteiger partial charge in [0.25, 0.3) is 24.2 Å². The molecule has 0 fully saturated rings. The van der Waals surface area contributed by atoms with Gasteiger partial charge in [-0.25, -0.2) is 17.6 Å². The number of methoxy groups -OCH3 is 2. The summed E-state index contributed by atoms with van der Waals surface area (Å²) < 4.78 is 114. The minimum absolute atomic E-state index is 0. The molecule has 0 atom stereocenters. The molecule has 0 saturated carbocycles. The molecular formula is C54H84F7NO14PPdS-. The van der Waals surface area contributed by atoms with Crippen molar-refractivity contribution in [2.45, 2.75) is 102 Å². The van der Waals surface area contributed by atoms with Crippen molar-refractivity contribution in [3.05, 3.63) is 115 Å². The number of benzene rings is 3. The molecule has 0 radical (unpaired) electrons. The average Bonchev–Trinajstić information content (AvgIpc) is 3.38. The molecule has 0 heterocycles. The van der Waals surface area contributed by atoms with Crippen LogP contribution >= 0.6 is 20.0 Å². The van der Waals surface area contributed by atoms with Crippen LogP contribution in [0.15, 0.2) is 91.0 Å². The largest absolute Gasteiger partial charge is 0.481 e. The molecule has 3 aromatic carbocycles. The topological polar surface area (TPSA) is 201 Å². The number of aliphatic hydroxyl groups is 1. The number of alkyl halides is 4. The van der Waals surface area contributed by atoms with Crippen molar-refractivity contribution in [2.75, 3.05) is 67.1 Å². The maximum absolute atomic E-state index is 12.5. The number of carboxylic acids is 1. The molecule has 0 aliphatic rings. The van der Waals surface area contributed by atoms with Crippen molar-refractivity contribution in [1.29, 1.82) is 0 Å². The number of halogens is 7. The molecule has 0 aliphatic carbocycles. The van der Waals surface area contributed by atoms with Gasteiger partial charge < -0.3 is 50.9 Å². The number of aliphatic hydroxyl groups excluding tert-OH is 1. The standard InChI is InChI=1S/C12H14F2O2.C12H16O3.C12H14O3.C6H14F3NO2S.C5H8F2O2.C4H8O2.C2H7P.CH3.Pd/c1-12(2,10(13)14)11(15)16-8-9-6-4-3-5-7-9;2*1-12(2,9-13)11(14)15-8-10-6-4-3-5-7-10;1-11-5-3-10(4-6-12-2)13(7,8)9;1-5(2,3(6)7)4(8)9;1-3-6-4(2)5;1-3-2;;/h3-7,10H,8H2,1-2H3;3-7,13H,8-9H2,1-2H3;3-7,9H,8H2,1-2H3;3-6H2,1-2H3;3H,1-2H3,(H,8,9);3H2,1-2H3;3H,1-2H3;1H3;/q;;;;;;;-1;. The van der Waals surface area contributed by atoms with E-state index in [0.29, 0.717) is 17.2 Å². The summed E-state index contributed by atoms with van der Waals surface area (Å²) in [6, 6.07) is 27.8. The van der Waals surface area contributed by atoms with Crippen molar-refractivity contribution >= 4 is 56.1 Å². The van der Waals surface area contributed by atoms with Gasteiger partial charge in [-0.2, -0.15) is 4.31 Å². The van der Waals surface area contributed by atoms with Gasteiger partial charge in [0.2, 0.25) is 0 Å². The van der Waals surface area contributed by atoms with Crippen LogP contribution in [0.3, 0.4) is 0 Å². The Bertz CT molecular complexity index is 2040. The number of carboxylic acid groups (broad SMARTS) is 1. The maximum atomic E-state index is 12.5. The van der Waals surface area contributed by atoms with E-state index in [-0.39, 0.29) is 92.5 Å². The van der Waals surface area contributed by atoms with Crippen LogP contribution in [0.25, 0.3) is 0 Å². The van der Waals surface area contributed by atoms with E-state index in [9.17, 15) is 58.0 Å². The van der Waals surface area contributed by atoms with Crippen LogP contribution in [0.5, 0.6) is 0 Å². The molecule has 3 aromatic rings. The fourth-order valence-electron chi connectivity index (χ4n) is 3.94. The number of carbonyl (C=O) groups excluding carboxylic acids is 5. The number of esters is 4. The van der Waals surface area contributed by atoms with Crippen LogP contribution in [0.2, 0.25) is 0 Å². The smallest absolute Gasteiger partial charge is 0.319 e. The van der Waals surface area contributed by atoms with Gasteiger partial charge in [-0.1, -0.05) is 91.0 Å². The first-order chi connectivity index (χ1) is 35.7. The fourth-order valence-corrected chi connectivity index (χ4v) is 4.50. The first kappa shape index (κ1) is 85.7. The van der Waals surface area contributed by atoms with E-state index in [2.05, 4.69) is 27.5 Å². The Morgan fingerprint density at radius 1 is 0.620 bits per heavy atom. The van der Waals surface area contributed by atoms with Crippen LogP contribution in [-0.4, -0.2) is 131 Å². The molecule has 0 bridgehead atoms. The molecule has 3 rings (SSSR count). The summed E-state index contributed by atoms with van der Waals surface area (Å²) in [5.74, 6) is -3.45. The van der Waals surface area contributed by atoms with Crippen LogP contribution in [-0.2, 0) is 97.4 Å². The first-order valence-electron chi connectivity index (χ1n) is 23.5. The molecule has 0 amide bonds. The minimum Gasteiger partial charge on any atom is -0.481 e. The van der Waals surface area contributed by atoms with Crippen molar-refractivity contribution in [1.82, 2.24) is 4.31 Å². The summed E-state index contributed by atoms with van der Waals surface area (Å²) in [7, 11) is 3.83. The molecule has 0 unspecified atom stereocenters. The van der Waals surface area contributed by atoms with Crippen molar-refractivity contribution < 1.29 is 117 Å². The summed E-state index contributed by atoms with van der Waals surface area (Å²) in [5.41, 5.74) is -2.92. The third kappa shape index (κ3) is 43.0. The quantitative estimate of drug-likeness (QED) is 0.0140. The Morgan fingerprint density at radius 3 is 1.15 bits per heavy atom. The molecular weight excluding hydrogens is 1190 g/mol. The van der Waals surface area contributed by atoms with Crippen molar-refractivity contribution in [2.24, 2.45) is 21.7 Å². The molecule has 460 valence electrons. The molecule has 79 heavy (non-hydrogen) atoms. The third-order valence-corrected chi connectivity index (χ3v) is 10.3. The maximum Gasteiger partial charge on any atom is 0.319 e. The molecule has 15 nitrogen and oxygen atoms in total. The van der Waals surface area contributed by atoms with Gasteiger partial charge in [-0.15, -0.1) is 20.2 Å². The summed E-state index contributed by atoms with van der Waals surface area (Å²) in [6.07, 6.45) is -4.94. The Hall–Kier alpha value is -4.53. The fraction of sp³-hybridized carbons (Fsp3) is 0.537. The summed E-state index contributed by atoms with van der Waals surface area (Å²) >= 11 is -5.14. The van der Waals surface area contributed by atoms with Gasteiger partial charge in [-0.3, -0.25) is 24.0 Å². The van der Waals surface area contributed by atoms with E-state index in [4.69, 9.17) is 24.4 Å². The molecule has 25 heteroatoms. The van der Waals surface area contributed by atoms with Gasteiger partial charge >= 0.3 is 29.8 Å². The van der Waals surface area contributed by atoms with Gasteiger partial charge in [-0.05, 0) is 92.3 Å². The van der Waals surface area contributed by atoms with Crippen LogP contribution in [0, 0.1) is 29.1 Å². The van der Waals surface area contributed by atoms with E-state index in [0.717, 1.165) is 39.1 Å². The van der Waals surface area contributed by atoms with E-state index in [1.807, 2.05) is 66.7 Å². The molecule has 0 aromatic heterocycles. The van der Waals surface area contributed by atoms with Crippen LogP contribution in [0.4, 0.5) is 29.2 Å². The predicted molar refractivity (Wildman–Crippen MR) is 292 cm³/mol. The number of ether oxygens (including phenoxy) is 6. The zero-order valence-electron chi connectivity index (χ0n) is 47.9. The monoisotopic (exact) mass is 1270 g/mol. The number of aliphatic carboxylic acids is 1. The molecule has 2 N–H and O–H groups in total. The van der Waals surface area contributed by atoms with Crippen molar-refractivity contribution in [3.63, 3.8) is 0 Å². The zero-order chi connectivity index (χ0) is 60.5. The number of hydrogen-bond donors (Lipinski definition) is 2. The summed E-state index contributed by atoms with van der Waals surface area (Å²) in [6.45, 7) is 18.8. The molecule has 0 saturated heterocycles.